The van der Waals surface area contributed by atoms with Crippen LogP contribution in [0.4, 0.5) is 0 Å². The molecular formula is C18H27N5O2. The molecule has 2 amide bonds. The molecule has 3 aliphatic rings. The molecule has 4 rings (SSSR count). The van der Waals surface area contributed by atoms with Crippen LogP contribution in [0.1, 0.15) is 41.9 Å². The number of aryl methyl sites for hydroxylation is 1. The van der Waals surface area contributed by atoms with Crippen LogP contribution < -0.4 is 0 Å². The molecule has 1 saturated carbocycles. The highest BCUT2D eigenvalue weighted by Gasteiger charge is 2.50. The van der Waals surface area contributed by atoms with E-state index in [2.05, 4.69) is 27.0 Å². The number of hydrogen-bond acceptors (Lipinski definition) is 4. The first-order valence-corrected chi connectivity index (χ1v) is 9.31. The van der Waals surface area contributed by atoms with E-state index in [-0.39, 0.29) is 11.8 Å². The van der Waals surface area contributed by atoms with Crippen LogP contribution in [0.2, 0.25) is 0 Å². The molecule has 1 spiro atoms. The lowest BCUT2D eigenvalue weighted by Gasteiger charge is -2.51. The number of carbonyl (C=O) groups excluding carboxylic acids is 2. The van der Waals surface area contributed by atoms with Crippen molar-refractivity contribution in [1.29, 1.82) is 0 Å². The van der Waals surface area contributed by atoms with Crippen molar-refractivity contribution in [3.63, 3.8) is 0 Å². The minimum Gasteiger partial charge on any atom is -0.340 e. The SMILES string of the molecule is Cc1cc(C(=O)N2CCC3(CC2)C(=O)N(CC2CC2)CCN3C)n[nH]1. The topological polar surface area (TPSA) is 72.5 Å². The van der Waals surface area contributed by atoms with Crippen molar-refractivity contribution in [3.8, 4) is 0 Å². The molecule has 0 atom stereocenters. The third kappa shape index (κ3) is 2.94. The standard InChI is InChI=1S/C18H27N5O2/c1-13-11-15(20-19-13)16(24)22-7-5-18(6-8-22)17(25)23(10-9-21(18)2)12-14-3-4-14/h11,14H,3-10,12H2,1-2H3,(H,19,20). The number of rotatable bonds is 3. The Bertz CT molecular complexity index is 673. The number of piperazine rings is 1. The number of nitrogens with zero attached hydrogens (tertiary/aromatic N) is 4. The Kier molecular flexibility index (Phi) is 4.06. The van der Waals surface area contributed by atoms with Gasteiger partial charge in [-0.1, -0.05) is 0 Å². The molecule has 0 bridgehead atoms. The van der Waals surface area contributed by atoms with Crippen molar-refractivity contribution in [3.05, 3.63) is 17.5 Å². The van der Waals surface area contributed by atoms with Gasteiger partial charge in [0.25, 0.3) is 5.91 Å². The smallest absolute Gasteiger partial charge is 0.274 e. The van der Waals surface area contributed by atoms with Crippen molar-refractivity contribution in [1.82, 2.24) is 24.9 Å². The highest BCUT2D eigenvalue weighted by molar-refractivity contribution is 5.93. The van der Waals surface area contributed by atoms with E-state index in [0.29, 0.717) is 37.5 Å². The summed E-state index contributed by atoms with van der Waals surface area (Å²) in [5, 5.41) is 6.90. The molecule has 7 nitrogen and oxygen atoms in total. The molecule has 0 radical (unpaired) electrons. The number of H-pyrrole nitrogens is 1. The highest BCUT2D eigenvalue weighted by Crippen LogP contribution is 2.36. The van der Waals surface area contributed by atoms with Crippen LogP contribution >= 0.6 is 0 Å². The lowest BCUT2D eigenvalue weighted by Crippen LogP contribution is -2.68. The fourth-order valence-corrected chi connectivity index (χ4v) is 4.20. The molecule has 0 aromatic carbocycles. The minimum atomic E-state index is -0.425. The van der Waals surface area contributed by atoms with Gasteiger partial charge in [-0.05, 0) is 51.6 Å². The molecule has 136 valence electrons. The number of likely N-dealkylation sites (tertiary alicyclic amines) is 1. The molecule has 1 aromatic rings. The van der Waals surface area contributed by atoms with Crippen LogP contribution in [-0.4, -0.2) is 82.0 Å². The van der Waals surface area contributed by atoms with Gasteiger partial charge in [-0.25, -0.2) is 0 Å². The van der Waals surface area contributed by atoms with E-state index in [1.165, 1.54) is 12.8 Å². The molecule has 7 heteroatoms. The summed E-state index contributed by atoms with van der Waals surface area (Å²) < 4.78 is 0. The summed E-state index contributed by atoms with van der Waals surface area (Å²) in [7, 11) is 2.06. The predicted molar refractivity (Wildman–Crippen MR) is 93.1 cm³/mol. The summed E-state index contributed by atoms with van der Waals surface area (Å²) in [5.41, 5.74) is 0.924. The first-order valence-electron chi connectivity index (χ1n) is 9.31. The van der Waals surface area contributed by atoms with E-state index in [1.54, 1.807) is 6.07 Å². The second kappa shape index (κ2) is 6.12. The summed E-state index contributed by atoms with van der Waals surface area (Å²) in [5.74, 6) is 0.949. The number of amides is 2. The van der Waals surface area contributed by atoms with Crippen molar-refractivity contribution >= 4 is 11.8 Å². The number of carbonyl (C=O) groups is 2. The van der Waals surface area contributed by atoms with E-state index in [4.69, 9.17) is 0 Å². The average Bonchev–Trinajstić information content (AvgIpc) is 3.34. The van der Waals surface area contributed by atoms with Gasteiger partial charge in [0.05, 0.1) is 0 Å². The summed E-state index contributed by atoms with van der Waals surface area (Å²) in [6.07, 6.45) is 3.94. The minimum absolute atomic E-state index is 0.0417. The number of piperidine rings is 1. The summed E-state index contributed by atoms with van der Waals surface area (Å²) >= 11 is 0. The Balaban J connectivity index is 1.45. The van der Waals surface area contributed by atoms with Gasteiger partial charge < -0.3 is 9.80 Å². The predicted octanol–water partition coefficient (Wildman–Crippen LogP) is 0.877. The second-order valence-electron chi connectivity index (χ2n) is 7.88. The lowest BCUT2D eigenvalue weighted by molar-refractivity contribution is -0.154. The monoisotopic (exact) mass is 345 g/mol. The van der Waals surface area contributed by atoms with Gasteiger partial charge >= 0.3 is 0 Å². The summed E-state index contributed by atoms with van der Waals surface area (Å²) in [4.78, 5) is 31.9. The Morgan fingerprint density at radius 2 is 2.00 bits per heavy atom. The Morgan fingerprint density at radius 3 is 2.60 bits per heavy atom. The van der Waals surface area contributed by atoms with Crippen molar-refractivity contribution < 1.29 is 9.59 Å². The zero-order chi connectivity index (χ0) is 17.6. The van der Waals surface area contributed by atoms with Gasteiger partial charge in [0.1, 0.15) is 11.2 Å². The molecule has 3 heterocycles. The van der Waals surface area contributed by atoms with E-state index >= 15 is 0 Å². The molecule has 2 aliphatic heterocycles. The second-order valence-corrected chi connectivity index (χ2v) is 7.88. The fraction of sp³-hybridized carbons (Fsp3) is 0.722. The largest absolute Gasteiger partial charge is 0.340 e. The molecule has 1 N–H and O–H groups in total. The van der Waals surface area contributed by atoms with Gasteiger partial charge in [0.2, 0.25) is 5.91 Å². The Labute approximate surface area is 148 Å². The van der Waals surface area contributed by atoms with Gasteiger partial charge in [-0.2, -0.15) is 5.10 Å². The number of aromatic nitrogens is 2. The van der Waals surface area contributed by atoms with Crippen molar-refractivity contribution in [2.45, 2.75) is 38.1 Å². The molecule has 2 saturated heterocycles. The van der Waals surface area contributed by atoms with E-state index in [1.807, 2.05) is 11.8 Å². The number of likely N-dealkylation sites (N-methyl/N-ethyl adjacent to an activating group) is 1. The molecule has 25 heavy (non-hydrogen) atoms. The summed E-state index contributed by atoms with van der Waals surface area (Å²) in [6, 6.07) is 1.78. The van der Waals surface area contributed by atoms with Crippen molar-refractivity contribution in [2.75, 3.05) is 39.8 Å². The maximum Gasteiger partial charge on any atom is 0.274 e. The maximum atomic E-state index is 13.2. The third-order valence-electron chi connectivity index (χ3n) is 6.10. The zero-order valence-corrected chi connectivity index (χ0v) is 15.1. The Morgan fingerprint density at radius 1 is 1.28 bits per heavy atom. The maximum absolute atomic E-state index is 13.2. The highest BCUT2D eigenvalue weighted by atomic mass is 16.2. The van der Waals surface area contributed by atoms with E-state index < -0.39 is 5.54 Å². The number of nitrogens with one attached hydrogen (secondary N) is 1. The quantitative estimate of drug-likeness (QED) is 0.883. The van der Waals surface area contributed by atoms with Gasteiger partial charge in [0.15, 0.2) is 0 Å². The summed E-state index contributed by atoms with van der Waals surface area (Å²) in [6.45, 7) is 5.78. The van der Waals surface area contributed by atoms with E-state index in [0.717, 1.165) is 25.3 Å². The van der Waals surface area contributed by atoms with Gasteiger partial charge in [-0.15, -0.1) is 0 Å². The molecule has 3 fully saturated rings. The first-order chi connectivity index (χ1) is 12.0. The van der Waals surface area contributed by atoms with Gasteiger partial charge in [-0.3, -0.25) is 19.6 Å². The van der Waals surface area contributed by atoms with Crippen LogP contribution in [0.3, 0.4) is 0 Å². The first kappa shape index (κ1) is 16.6. The lowest BCUT2D eigenvalue weighted by atomic mass is 9.82. The fourth-order valence-electron chi connectivity index (χ4n) is 4.20. The molecule has 0 unspecified atom stereocenters. The van der Waals surface area contributed by atoms with Crippen LogP contribution in [0.25, 0.3) is 0 Å². The third-order valence-corrected chi connectivity index (χ3v) is 6.10. The van der Waals surface area contributed by atoms with Crippen molar-refractivity contribution in [2.24, 2.45) is 5.92 Å². The zero-order valence-electron chi connectivity index (χ0n) is 15.1. The molecular weight excluding hydrogens is 318 g/mol. The van der Waals surface area contributed by atoms with E-state index in [9.17, 15) is 9.59 Å². The van der Waals surface area contributed by atoms with Crippen LogP contribution in [0.15, 0.2) is 6.07 Å². The molecule has 1 aromatic heterocycles. The van der Waals surface area contributed by atoms with Gasteiger partial charge in [0, 0.05) is 38.4 Å². The average molecular weight is 345 g/mol. The number of aromatic amines is 1. The number of hydrogen-bond donors (Lipinski definition) is 1. The Hall–Kier alpha value is -1.89. The van der Waals surface area contributed by atoms with Crippen LogP contribution in [0.5, 0.6) is 0 Å². The van der Waals surface area contributed by atoms with Crippen LogP contribution in [0, 0.1) is 12.8 Å². The van der Waals surface area contributed by atoms with Crippen LogP contribution in [-0.2, 0) is 4.79 Å². The normalized spacial score (nSPS) is 24.2. The molecule has 1 aliphatic carbocycles.